The van der Waals surface area contributed by atoms with Gasteiger partial charge < -0.3 is 5.32 Å². The molecule has 82 valence electrons. The topological polar surface area (TPSA) is 37.8 Å². The number of nitrogens with zero attached hydrogens (tertiary/aromatic N) is 2. The summed E-state index contributed by atoms with van der Waals surface area (Å²) >= 11 is 0. The summed E-state index contributed by atoms with van der Waals surface area (Å²) in [6.07, 6.45) is 5.90. The van der Waals surface area contributed by atoms with Crippen molar-refractivity contribution in [3.8, 4) is 0 Å². The Kier molecular flexibility index (Phi) is 2.89. The molecule has 0 bridgehead atoms. The van der Waals surface area contributed by atoms with E-state index in [1.807, 2.05) is 20.0 Å². The molecule has 1 fully saturated rings. The molecule has 0 amide bonds. The second kappa shape index (κ2) is 4.17. The van der Waals surface area contributed by atoms with Gasteiger partial charge in [0.15, 0.2) is 0 Å². The molecule has 1 heterocycles. The van der Waals surface area contributed by atoms with E-state index in [1.54, 1.807) is 0 Å². The van der Waals surface area contributed by atoms with Gasteiger partial charge in [-0.25, -0.2) is 4.98 Å². The van der Waals surface area contributed by atoms with Crippen LogP contribution in [0.2, 0.25) is 0 Å². The van der Waals surface area contributed by atoms with Gasteiger partial charge >= 0.3 is 0 Å². The Morgan fingerprint density at radius 3 is 2.73 bits per heavy atom. The van der Waals surface area contributed by atoms with Crippen LogP contribution in [0.15, 0.2) is 6.20 Å². The second-order valence-corrected chi connectivity index (χ2v) is 4.65. The highest BCUT2D eigenvalue weighted by Crippen LogP contribution is 2.33. The van der Waals surface area contributed by atoms with Crippen LogP contribution in [0.3, 0.4) is 0 Å². The van der Waals surface area contributed by atoms with Crippen LogP contribution in [-0.2, 0) is 0 Å². The smallest absolute Gasteiger partial charge is 0.145 e. The maximum absolute atomic E-state index is 4.47. The zero-order chi connectivity index (χ0) is 10.8. The molecule has 1 atom stereocenters. The van der Waals surface area contributed by atoms with Crippen molar-refractivity contribution in [2.45, 2.75) is 46.1 Å². The highest BCUT2D eigenvalue weighted by atomic mass is 15.0. The number of anilines is 1. The van der Waals surface area contributed by atoms with Crippen molar-refractivity contribution in [1.82, 2.24) is 9.97 Å². The van der Waals surface area contributed by atoms with E-state index < -0.39 is 0 Å². The molecular formula is C12H19N3. The van der Waals surface area contributed by atoms with E-state index in [4.69, 9.17) is 0 Å². The van der Waals surface area contributed by atoms with E-state index in [1.165, 1.54) is 19.3 Å². The van der Waals surface area contributed by atoms with E-state index in [0.29, 0.717) is 6.04 Å². The molecule has 1 aromatic heterocycles. The number of aryl methyl sites for hydroxylation is 2. The maximum Gasteiger partial charge on any atom is 0.145 e. The van der Waals surface area contributed by atoms with Crippen LogP contribution in [0.5, 0.6) is 0 Å². The zero-order valence-corrected chi connectivity index (χ0v) is 9.75. The fourth-order valence-corrected chi connectivity index (χ4v) is 1.78. The Hall–Kier alpha value is -1.12. The van der Waals surface area contributed by atoms with Crippen LogP contribution in [-0.4, -0.2) is 16.0 Å². The third-order valence-electron chi connectivity index (χ3n) is 2.97. The lowest BCUT2D eigenvalue weighted by atomic mass is 10.1. The number of rotatable bonds is 4. The van der Waals surface area contributed by atoms with Crippen LogP contribution in [0.4, 0.5) is 5.82 Å². The average molecular weight is 205 g/mol. The minimum Gasteiger partial charge on any atom is -0.366 e. The Morgan fingerprint density at radius 2 is 2.13 bits per heavy atom. The first-order valence-corrected chi connectivity index (χ1v) is 5.72. The van der Waals surface area contributed by atoms with Crippen molar-refractivity contribution in [1.29, 1.82) is 0 Å². The van der Waals surface area contributed by atoms with Crippen LogP contribution in [0.1, 0.15) is 37.6 Å². The molecule has 1 aromatic rings. The van der Waals surface area contributed by atoms with Gasteiger partial charge in [0, 0.05) is 6.04 Å². The number of hydrogen-bond donors (Lipinski definition) is 1. The van der Waals surface area contributed by atoms with Crippen molar-refractivity contribution in [2.24, 2.45) is 5.92 Å². The van der Waals surface area contributed by atoms with Gasteiger partial charge in [0.2, 0.25) is 0 Å². The fourth-order valence-electron chi connectivity index (χ4n) is 1.78. The third-order valence-corrected chi connectivity index (χ3v) is 2.97. The molecule has 2 rings (SSSR count). The quantitative estimate of drug-likeness (QED) is 0.821. The first-order chi connectivity index (χ1) is 7.15. The summed E-state index contributed by atoms with van der Waals surface area (Å²) in [5, 5.41) is 3.41. The first-order valence-electron chi connectivity index (χ1n) is 5.72. The predicted molar refractivity (Wildman–Crippen MR) is 61.9 cm³/mol. The third kappa shape index (κ3) is 2.91. The summed E-state index contributed by atoms with van der Waals surface area (Å²) in [6, 6.07) is 0.508. The molecule has 0 saturated heterocycles. The Bertz CT molecular complexity index is 345. The van der Waals surface area contributed by atoms with Crippen molar-refractivity contribution >= 4 is 5.82 Å². The predicted octanol–water partition coefficient (Wildman–Crippen LogP) is 2.69. The molecule has 0 aliphatic heterocycles. The molecule has 1 N–H and O–H groups in total. The van der Waals surface area contributed by atoms with Gasteiger partial charge in [-0.3, -0.25) is 4.98 Å². The molecule has 3 heteroatoms. The molecule has 1 aliphatic rings. The number of hydrogen-bond acceptors (Lipinski definition) is 3. The van der Waals surface area contributed by atoms with Gasteiger partial charge in [-0.15, -0.1) is 0 Å². The number of nitrogens with one attached hydrogen (secondary N) is 1. The Balaban J connectivity index is 1.93. The largest absolute Gasteiger partial charge is 0.366 e. The summed E-state index contributed by atoms with van der Waals surface area (Å²) in [4.78, 5) is 8.77. The van der Waals surface area contributed by atoms with Crippen LogP contribution in [0.25, 0.3) is 0 Å². The van der Waals surface area contributed by atoms with Crippen LogP contribution in [0, 0.1) is 19.8 Å². The minimum atomic E-state index is 0.508. The summed E-state index contributed by atoms with van der Waals surface area (Å²) in [5.74, 6) is 1.86. The van der Waals surface area contributed by atoms with Gasteiger partial charge in [-0.05, 0) is 33.1 Å². The molecule has 1 aliphatic carbocycles. The summed E-state index contributed by atoms with van der Waals surface area (Å²) < 4.78 is 0. The van der Waals surface area contributed by atoms with E-state index in [0.717, 1.165) is 23.1 Å². The highest BCUT2D eigenvalue weighted by Gasteiger charge is 2.23. The van der Waals surface area contributed by atoms with Crippen molar-refractivity contribution in [3.63, 3.8) is 0 Å². The van der Waals surface area contributed by atoms with Gasteiger partial charge in [0.05, 0.1) is 17.6 Å². The molecule has 0 aromatic carbocycles. The summed E-state index contributed by atoms with van der Waals surface area (Å²) in [5.41, 5.74) is 2.02. The minimum absolute atomic E-state index is 0.508. The van der Waals surface area contributed by atoms with Crippen LogP contribution < -0.4 is 5.32 Å². The normalized spacial score (nSPS) is 17.5. The monoisotopic (exact) mass is 205 g/mol. The lowest BCUT2D eigenvalue weighted by Gasteiger charge is -2.14. The molecule has 0 spiro atoms. The van der Waals surface area contributed by atoms with E-state index in [2.05, 4.69) is 22.2 Å². The molecule has 1 saturated carbocycles. The fraction of sp³-hybridized carbons (Fsp3) is 0.667. The molecule has 1 unspecified atom stereocenters. The van der Waals surface area contributed by atoms with Crippen molar-refractivity contribution < 1.29 is 0 Å². The standard InChI is InChI=1S/C12H19N3/c1-8(6-11-4-5-11)14-12-7-13-9(2)10(3)15-12/h7-8,11H,4-6H2,1-3H3,(H,14,15). The SMILES string of the molecule is Cc1ncc(NC(C)CC2CC2)nc1C. The second-order valence-electron chi connectivity index (χ2n) is 4.65. The summed E-state index contributed by atoms with van der Waals surface area (Å²) in [7, 11) is 0. The Morgan fingerprint density at radius 1 is 1.40 bits per heavy atom. The number of aromatic nitrogens is 2. The lowest BCUT2D eigenvalue weighted by molar-refractivity contribution is 0.639. The molecule has 3 nitrogen and oxygen atoms in total. The molecule has 0 radical (unpaired) electrons. The van der Waals surface area contributed by atoms with Gasteiger partial charge in [-0.2, -0.15) is 0 Å². The zero-order valence-electron chi connectivity index (χ0n) is 9.75. The van der Waals surface area contributed by atoms with Crippen molar-refractivity contribution in [2.75, 3.05) is 5.32 Å². The van der Waals surface area contributed by atoms with E-state index in [9.17, 15) is 0 Å². The highest BCUT2D eigenvalue weighted by molar-refractivity contribution is 5.34. The molecule has 15 heavy (non-hydrogen) atoms. The average Bonchev–Trinajstić information content (AvgIpc) is 2.95. The first kappa shape index (κ1) is 10.4. The van der Waals surface area contributed by atoms with Gasteiger partial charge in [0.25, 0.3) is 0 Å². The molecular weight excluding hydrogens is 186 g/mol. The van der Waals surface area contributed by atoms with Gasteiger partial charge in [0.1, 0.15) is 5.82 Å². The lowest BCUT2D eigenvalue weighted by Crippen LogP contribution is -2.17. The van der Waals surface area contributed by atoms with Gasteiger partial charge in [-0.1, -0.05) is 12.8 Å². The van der Waals surface area contributed by atoms with E-state index >= 15 is 0 Å². The summed E-state index contributed by atoms with van der Waals surface area (Å²) in [6.45, 7) is 6.20. The maximum atomic E-state index is 4.47. The van der Waals surface area contributed by atoms with Crippen LogP contribution >= 0.6 is 0 Å². The van der Waals surface area contributed by atoms with Crippen molar-refractivity contribution in [3.05, 3.63) is 17.6 Å². The Labute approximate surface area is 91.3 Å². The van der Waals surface area contributed by atoms with E-state index in [-0.39, 0.29) is 0 Å².